The van der Waals surface area contributed by atoms with Gasteiger partial charge in [0.15, 0.2) is 11.6 Å². The first kappa shape index (κ1) is 18.8. The Kier molecular flexibility index (Phi) is 5.02. The van der Waals surface area contributed by atoms with Gasteiger partial charge in [-0.2, -0.15) is 0 Å². The first-order chi connectivity index (χ1) is 11.7. The monoisotopic (exact) mass is 346 g/mol. The summed E-state index contributed by atoms with van der Waals surface area (Å²) in [5.74, 6) is -0.272. The van der Waals surface area contributed by atoms with Crippen LogP contribution in [0.3, 0.4) is 0 Å². The van der Waals surface area contributed by atoms with Crippen LogP contribution in [0.4, 0.5) is 0 Å². The molecule has 3 rings (SSSR count). The Bertz CT molecular complexity index is 552. The van der Waals surface area contributed by atoms with E-state index in [2.05, 4.69) is 33.9 Å². The van der Waals surface area contributed by atoms with Gasteiger partial charge in [0.2, 0.25) is 0 Å². The second-order valence-electron chi connectivity index (χ2n) is 9.46. The maximum atomic E-state index is 12.7. The molecule has 2 saturated carbocycles. The first-order valence-electron chi connectivity index (χ1n) is 9.82. The Morgan fingerprint density at radius 2 is 1.88 bits per heavy atom. The van der Waals surface area contributed by atoms with Gasteiger partial charge in [0.1, 0.15) is 0 Å². The van der Waals surface area contributed by atoms with E-state index in [-0.39, 0.29) is 28.4 Å². The van der Waals surface area contributed by atoms with E-state index < -0.39 is 5.79 Å². The van der Waals surface area contributed by atoms with E-state index in [1.54, 1.807) is 0 Å². The standard InChI is InChI=1S/C22H34O3/c1-6-18(23)17-8-7-10-21(11-9-16(2)3)12-13-22(19(17)21)24-14-20(4,5)15-25-22/h6,17,19H,1-2,7-15H2,3-5H3. The fourth-order valence-electron chi connectivity index (χ4n) is 5.42. The van der Waals surface area contributed by atoms with Crippen molar-refractivity contribution in [2.24, 2.45) is 22.7 Å². The van der Waals surface area contributed by atoms with Crippen LogP contribution >= 0.6 is 0 Å². The van der Waals surface area contributed by atoms with Gasteiger partial charge in [-0.15, -0.1) is 6.58 Å². The highest BCUT2D eigenvalue weighted by atomic mass is 16.7. The minimum atomic E-state index is -0.575. The predicted octanol–water partition coefficient (Wildman–Crippen LogP) is 5.06. The van der Waals surface area contributed by atoms with Crippen LogP contribution in [0.5, 0.6) is 0 Å². The van der Waals surface area contributed by atoms with Gasteiger partial charge in [0.05, 0.1) is 13.2 Å². The smallest absolute Gasteiger partial charge is 0.172 e. The zero-order valence-electron chi connectivity index (χ0n) is 16.2. The molecule has 25 heavy (non-hydrogen) atoms. The molecule has 1 aliphatic heterocycles. The van der Waals surface area contributed by atoms with Crippen LogP contribution in [0.1, 0.15) is 65.7 Å². The van der Waals surface area contributed by atoms with E-state index in [9.17, 15) is 4.79 Å². The Morgan fingerprint density at radius 3 is 2.48 bits per heavy atom. The molecule has 0 N–H and O–H groups in total. The highest BCUT2D eigenvalue weighted by Gasteiger charge is 2.64. The van der Waals surface area contributed by atoms with Crippen molar-refractivity contribution in [3.8, 4) is 0 Å². The van der Waals surface area contributed by atoms with Crippen molar-refractivity contribution < 1.29 is 14.3 Å². The van der Waals surface area contributed by atoms with E-state index in [0.29, 0.717) is 13.2 Å². The number of ketones is 1. The molecule has 0 aromatic carbocycles. The zero-order chi connectivity index (χ0) is 18.3. The lowest BCUT2D eigenvalue weighted by Gasteiger charge is -2.52. The SMILES string of the molecule is C=CC(=O)C1CCCC2(CCC(=C)C)CCC3(OCC(C)(C)CO3)C12. The van der Waals surface area contributed by atoms with Crippen molar-refractivity contribution >= 4 is 5.78 Å². The number of carbonyl (C=O) groups excluding carboxylic acids is 1. The van der Waals surface area contributed by atoms with Crippen LogP contribution < -0.4 is 0 Å². The van der Waals surface area contributed by atoms with Crippen LogP contribution in [-0.2, 0) is 14.3 Å². The summed E-state index contributed by atoms with van der Waals surface area (Å²) in [5.41, 5.74) is 1.40. The van der Waals surface area contributed by atoms with Crippen LogP contribution in [-0.4, -0.2) is 24.8 Å². The summed E-state index contributed by atoms with van der Waals surface area (Å²) in [7, 11) is 0. The lowest BCUT2D eigenvalue weighted by molar-refractivity contribution is -0.328. The first-order valence-corrected chi connectivity index (χ1v) is 9.82. The van der Waals surface area contributed by atoms with Gasteiger partial charge in [-0.25, -0.2) is 0 Å². The summed E-state index contributed by atoms with van der Waals surface area (Å²) in [6.45, 7) is 15.7. The Balaban J connectivity index is 1.94. The average molecular weight is 347 g/mol. The normalized spacial score (nSPS) is 36.0. The van der Waals surface area contributed by atoms with Gasteiger partial charge < -0.3 is 9.47 Å². The molecular weight excluding hydrogens is 312 g/mol. The van der Waals surface area contributed by atoms with Crippen molar-refractivity contribution in [1.29, 1.82) is 0 Å². The van der Waals surface area contributed by atoms with Gasteiger partial charge in [0, 0.05) is 23.7 Å². The maximum Gasteiger partial charge on any atom is 0.172 e. The molecule has 2 aliphatic carbocycles. The molecule has 3 unspecified atom stereocenters. The van der Waals surface area contributed by atoms with E-state index in [1.165, 1.54) is 18.1 Å². The lowest BCUT2D eigenvalue weighted by Crippen LogP contribution is -2.56. The van der Waals surface area contributed by atoms with Crippen molar-refractivity contribution in [2.45, 2.75) is 71.5 Å². The number of allylic oxidation sites excluding steroid dienone is 2. The number of ether oxygens (including phenoxy) is 2. The number of carbonyl (C=O) groups is 1. The molecular formula is C22H34O3. The summed E-state index contributed by atoms with van der Waals surface area (Å²) in [6.07, 6.45) is 8.83. The summed E-state index contributed by atoms with van der Waals surface area (Å²) in [6, 6.07) is 0. The molecule has 3 atom stereocenters. The van der Waals surface area contributed by atoms with Gasteiger partial charge in [-0.05, 0) is 50.5 Å². The van der Waals surface area contributed by atoms with Crippen LogP contribution in [0.25, 0.3) is 0 Å². The van der Waals surface area contributed by atoms with E-state index in [4.69, 9.17) is 9.47 Å². The zero-order valence-corrected chi connectivity index (χ0v) is 16.2. The Morgan fingerprint density at radius 1 is 1.20 bits per heavy atom. The Hall–Kier alpha value is -0.930. The van der Waals surface area contributed by atoms with Crippen LogP contribution in [0, 0.1) is 22.7 Å². The number of hydrogen-bond donors (Lipinski definition) is 0. The lowest BCUT2D eigenvalue weighted by atomic mass is 9.59. The van der Waals surface area contributed by atoms with Crippen molar-refractivity contribution in [1.82, 2.24) is 0 Å². The molecule has 3 heteroatoms. The number of fused-ring (bicyclic) bond motifs is 2. The Labute approximate surface area is 152 Å². The quantitative estimate of drug-likeness (QED) is 0.515. The third-order valence-electron chi connectivity index (χ3n) is 6.73. The van der Waals surface area contributed by atoms with Gasteiger partial charge >= 0.3 is 0 Å². The van der Waals surface area contributed by atoms with Crippen molar-refractivity contribution in [3.63, 3.8) is 0 Å². The molecule has 0 aromatic heterocycles. The largest absolute Gasteiger partial charge is 0.349 e. The average Bonchev–Trinajstić information content (AvgIpc) is 2.91. The minimum absolute atomic E-state index is 0.0138. The molecule has 1 heterocycles. The van der Waals surface area contributed by atoms with E-state index in [1.807, 2.05) is 0 Å². The second kappa shape index (κ2) is 6.66. The molecule has 140 valence electrons. The summed E-state index contributed by atoms with van der Waals surface area (Å²) in [5, 5.41) is 0. The summed E-state index contributed by atoms with van der Waals surface area (Å²) >= 11 is 0. The molecule has 0 radical (unpaired) electrons. The third-order valence-corrected chi connectivity index (χ3v) is 6.73. The molecule has 3 aliphatic rings. The van der Waals surface area contributed by atoms with Crippen LogP contribution in [0.15, 0.2) is 24.8 Å². The molecule has 0 bridgehead atoms. The summed E-state index contributed by atoms with van der Waals surface area (Å²) in [4.78, 5) is 12.7. The molecule has 3 fully saturated rings. The molecule has 1 saturated heterocycles. The molecule has 0 amide bonds. The highest BCUT2D eigenvalue weighted by Crippen LogP contribution is 2.63. The maximum absolute atomic E-state index is 12.7. The fourth-order valence-corrected chi connectivity index (χ4v) is 5.42. The highest BCUT2D eigenvalue weighted by molar-refractivity contribution is 5.91. The minimum Gasteiger partial charge on any atom is -0.349 e. The molecule has 3 nitrogen and oxygen atoms in total. The van der Waals surface area contributed by atoms with Gasteiger partial charge in [0.25, 0.3) is 0 Å². The van der Waals surface area contributed by atoms with Gasteiger partial charge in [-0.3, -0.25) is 4.79 Å². The summed E-state index contributed by atoms with van der Waals surface area (Å²) < 4.78 is 12.9. The van der Waals surface area contributed by atoms with Crippen LogP contribution in [0.2, 0.25) is 0 Å². The van der Waals surface area contributed by atoms with E-state index in [0.717, 1.165) is 38.5 Å². The topological polar surface area (TPSA) is 35.5 Å². The fraction of sp³-hybridized carbons (Fsp3) is 0.773. The van der Waals surface area contributed by atoms with Gasteiger partial charge in [-0.1, -0.05) is 32.4 Å². The van der Waals surface area contributed by atoms with Crippen molar-refractivity contribution in [3.05, 3.63) is 24.8 Å². The second-order valence-corrected chi connectivity index (χ2v) is 9.46. The predicted molar refractivity (Wildman–Crippen MR) is 100 cm³/mol. The third kappa shape index (κ3) is 3.38. The number of hydrogen-bond acceptors (Lipinski definition) is 3. The number of rotatable bonds is 5. The molecule has 1 spiro atoms. The van der Waals surface area contributed by atoms with Crippen molar-refractivity contribution in [2.75, 3.05) is 13.2 Å². The molecule has 0 aromatic rings. The van der Waals surface area contributed by atoms with E-state index >= 15 is 0 Å².